The molecule has 106 valence electrons. The van der Waals surface area contributed by atoms with Gasteiger partial charge < -0.3 is 10.2 Å². The minimum Gasteiger partial charge on any atom is -0.307 e. The molecule has 0 saturated carbocycles. The van der Waals surface area contributed by atoms with Crippen molar-refractivity contribution in [3.63, 3.8) is 0 Å². The summed E-state index contributed by atoms with van der Waals surface area (Å²) < 4.78 is 0. The molecule has 1 aliphatic rings. The molecule has 2 nitrogen and oxygen atoms in total. The Kier molecular flexibility index (Phi) is 5.41. The summed E-state index contributed by atoms with van der Waals surface area (Å²) >= 11 is 0. The van der Waals surface area contributed by atoms with Crippen LogP contribution in [-0.4, -0.2) is 31.1 Å². The summed E-state index contributed by atoms with van der Waals surface area (Å²) in [6.07, 6.45) is 3.72. The number of piperidine rings is 1. The quantitative estimate of drug-likeness (QED) is 0.872. The third-order valence-electron chi connectivity index (χ3n) is 4.30. The van der Waals surface area contributed by atoms with Crippen LogP contribution >= 0.6 is 0 Å². The average molecular weight is 260 g/mol. The molecule has 1 heterocycles. The molecule has 1 N–H and O–H groups in total. The Morgan fingerprint density at radius 2 is 2.05 bits per heavy atom. The molecule has 1 aromatic carbocycles. The van der Waals surface area contributed by atoms with E-state index in [0.717, 1.165) is 5.92 Å². The molecule has 1 fully saturated rings. The van der Waals surface area contributed by atoms with Crippen LogP contribution in [0.15, 0.2) is 30.3 Å². The lowest BCUT2D eigenvalue weighted by molar-refractivity contribution is 0.164. The van der Waals surface area contributed by atoms with Crippen molar-refractivity contribution in [2.75, 3.05) is 20.1 Å². The van der Waals surface area contributed by atoms with Gasteiger partial charge in [0, 0.05) is 18.6 Å². The Morgan fingerprint density at radius 1 is 1.32 bits per heavy atom. The van der Waals surface area contributed by atoms with Crippen molar-refractivity contribution < 1.29 is 0 Å². The maximum Gasteiger partial charge on any atom is 0.0322 e. The molecule has 1 saturated heterocycles. The lowest BCUT2D eigenvalue weighted by atomic mass is 9.91. The number of benzene rings is 1. The van der Waals surface area contributed by atoms with Crippen molar-refractivity contribution in [3.8, 4) is 0 Å². The zero-order valence-corrected chi connectivity index (χ0v) is 12.6. The molecule has 1 aromatic rings. The molecule has 19 heavy (non-hydrogen) atoms. The molecule has 3 unspecified atom stereocenters. The molecule has 0 amide bonds. The zero-order valence-electron chi connectivity index (χ0n) is 12.6. The number of nitrogens with zero attached hydrogens (tertiary/aromatic N) is 1. The Labute approximate surface area is 118 Å². The first-order valence-electron chi connectivity index (χ1n) is 7.70. The zero-order chi connectivity index (χ0) is 13.7. The van der Waals surface area contributed by atoms with Gasteiger partial charge in [0.05, 0.1) is 0 Å². The van der Waals surface area contributed by atoms with Gasteiger partial charge in [-0.1, -0.05) is 50.6 Å². The van der Waals surface area contributed by atoms with Crippen LogP contribution < -0.4 is 5.32 Å². The van der Waals surface area contributed by atoms with Gasteiger partial charge in [0.2, 0.25) is 0 Å². The van der Waals surface area contributed by atoms with Crippen molar-refractivity contribution in [2.24, 2.45) is 5.92 Å². The summed E-state index contributed by atoms with van der Waals surface area (Å²) in [6.45, 7) is 7.08. The summed E-state index contributed by atoms with van der Waals surface area (Å²) in [7, 11) is 2.23. The molecule has 0 bridgehead atoms. The van der Waals surface area contributed by atoms with Crippen LogP contribution in [0.5, 0.6) is 0 Å². The fraction of sp³-hybridized carbons (Fsp3) is 0.647. The molecule has 2 rings (SSSR count). The number of rotatable bonds is 5. The standard InChI is InChI=1S/C17H28N2/c1-4-8-17(15-9-6-5-7-10-15)18-16-11-12-19(3)13-14(16)2/h5-7,9-10,14,16-18H,4,8,11-13H2,1-3H3. The van der Waals surface area contributed by atoms with Crippen LogP contribution in [0.1, 0.15) is 44.7 Å². The molecule has 2 heteroatoms. The third-order valence-corrected chi connectivity index (χ3v) is 4.30. The van der Waals surface area contributed by atoms with Crippen LogP contribution in [-0.2, 0) is 0 Å². The van der Waals surface area contributed by atoms with Crippen molar-refractivity contribution in [3.05, 3.63) is 35.9 Å². The highest BCUT2D eigenvalue weighted by molar-refractivity contribution is 5.19. The second-order valence-corrected chi connectivity index (χ2v) is 6.05. The van der Waals surface area contributed by atoms with Gasteiger partial charge in [-0.25, -0.2) is 0 Å². The lowest BCUT2D eigenvalue weighted by Crippen LogP contribution is -2.48. The van der Waals surface area contributed by atoms with Crippen LogP contribution in [0.4, 0.5) is 0 Å². The molecule has 0 radical (unpaired) electrons. The van der Waals surface area contributed by atoms with Gasteiger partial charge in [-0.3, -0.25) is 0 Å². The van der Waals surface area contributed by atoms with Crippen molar-refractivity contribution in [1.29, 1.82) is 0 Å². The molecule has 0 spiro atoms. The number of likely N-dealkylation sites (tertiary alicyclic amines) is 1. The molecule has 3 atom stereocenters. The summed E-state index contributed by atoms with van der Waals surface area (Å²) in [5, 5.41) is 3.92. The summed E-state index contributed by atoms with van der Waals surface area (Å²) in [5.41, 5.74) is 1.44. The fourth-order valence-corrected chi connectivity index (χ4v) is 3.18. The van der Waals surface area contributed by atoms with E-state index in [-0.39, 0.29) is 0 Å². The van der Waals surface area contributed by atoms with Crippen LogP contribution in [0.3, 0.4) is 0 Å². The number of hydrogen-bond acceptors (Lipinski definition) is 2. The second kappa shape index (κ2) is 7.06. The normalized spacial score (nSPS) is 26.3. The van der Waals surface area contributed by atoms with Gasteiger partial charge in [-0.15, -0.1) is 0 Å². The maximum absolute atomic E-state index is 3.92. The molecule has 0 aromatic heterocycles. The van der Waals surface area contributed by atoms with Crippen molar-refractivity contribution in [2.45, 2.75) is 45.2 Å². The van der Waals surface area contributed by atoms with Gasteiger partial charge in [-0.2, -0.15) is 0 Å². The van der Waals surface area contributed by atoms with E-state index in [2.05, 4.69) is 61.4 Å². The Hall–Kier alpha value is -0.860. The molecular formula is C17H28N2. The number of hydrogen-bond donors (Lipinski definition) is 1. The van der Waals surface area contributed by atoms with E-state index in [1.54, 1.807) is 0 Å². The average Bonchev–Trinajstić information content (AvgIpc) is 2.42. The second-order valence-electron chi connectivity index (χ2n) is 6.05. The van der Waals surface area contributed by atoms with Gasteiger partial charge in [0.25, 0.3) is 0 Å². The first-order chi connectivity index (χ1) is 9.20. The van der Waals surface area contributed by atoms with E-state index in [9.17, 15) is 0 Å². The largest absolute Gasteiger partial charge is 0.307 e. The minimum absolute atomic E-state index is 0.516. The minimum atomic E-state index is 0.516. The van der Waals surface area contributed by atoms with Gasteiger partial charge in [-0.05, 0) is 37.9 Å². The molecular weight excluding hydrogens is 232 g/mol. The van der Waals surface area contributed by atoms with Gasteiger partial charge >= 0.3 is 0 Å². The maximum atomic E-state index is 3.92. The summed E-state index contributed by atoms with van der Waals surface area (Å²) in [6, 6.07) is 12.1. The summed E-state index contributed by atoms with van der Waals surface area (Å²) in [5.74, 6) is 0.738. The Bertz CT molecular complexity index is 363. The molecule has 0 aliphatic carbocycles. The topological polar surface area (TPSA) is 15.3 Å². The Balaban J connectivity index is 2.01. The van der Waals surface area contributed by atoms with E-state index in [0.29, 0.717) is 12.1 Å². The fourth-order valence-electron chi connectivity index (χ4n) is 3.18. The van der Waals surface area contributed by atoms with E-state index in [1.807, 2.05) is 0 Å². The smallest absolute Gasteiger partial charge is 0.0322 e. The van der Waals surface area contributed by atoms with E-state index < -0.39 is 0 Å². The van der Waals surface area contributed by atoms with E-state index in [1.165, 1.54) is 37.9 Å². The van der Waals surface area contributed by atoms with Crippen LogP contribution in [0.25, 0.3) is 0 Å². The third kappa shape index (κ3) is 4.05. The first-order valence-corrected chi connectivity index (χ1v) is 7.70. The predicted molar refractivity (Wildman–Crippen MR) is 82.3 cm³/mol. The first kappa shape index (κ1) is 14.5. The highest BCUT2D eigenvalue weighted by Crippen LogP contribution is 2.23. The van der Waals surface area contributed by atoms with E-state index >= 15 is 0 Å². The number of nitrogens with one attached hydrogen (secondary N) is 1. The van der Waals surface area contributed by atoms with E-state index in [4.69, 9.17) is 0 Å². The highest BCUT2D eigenvalue weighted by atomic mass is 15.1. The van der Waals surface area contributed by atoms with Crippen LogP contribution in [0.2, 0.25) is 0 Å². The van der Waals surface area contributed by atoms with Gasteiger partial charge in [0.1, 0.15) is 0 Å². The van der Waals surface area contributed by atoms with Crippen LogP contribution in [0, 0.1) is 5.92 Å². The summed E-state index contributed by atoms with van der Waals surface area (Å²) in [4.78, 5) is 2.44. The monoisotopic (exact) mass is 260 g/mol. The van der Waals surface area contributed by atoms with Crippen molar-refractivity contribution >= 4 is 0 Å². The highest BCUT2D eigenvalue weighted by Gasteiger charge is 2.26. The SMILES string of the molecule is CCCC(NC1CCN(C)CC1C)c1ccccc1. The Morgan fingerprint density at radius 3 is 2.68 bits per heavy atom. The molecule has 1 aliphatic heterocycles. The van der Waals surface area contributed by atoms with Gasteiger partial charge in [0.15, 0.2) is 0 Å². The van der Waals surface area contributed by atoms with Crippen molar-refractivity contribution in [1.82, 2.24) is 10.2 Å². The lowest BCUT2D eigenvalue weighted by Gasteiger charge is -2.37. The predicted octanol–water partition coefficient (Wildman–Crippen LogP) is 3.46.